The van der Waals surface area contributed by atoms with Crippen molar-refractivity contribution in [1.29, 1.82) is 0 Å². The van der Waals surface area contributed by atoms with E-state index >= 15 is 0 Å². The molecule has 4 N–H and O–H groups in total. The number of piperidine rings is 1. The molecule has 0 spiro atoms. The van der Waals surface area contributed by atoms with Gasteiger partial charge < -0.3 is 30.5 Å². The summed E-state index contributed by atoms with van der Waals surface area (Å²) in [4.78, 5) is 32.6. The zero-order valence-corrected chi connectivity index (χ0v) is 25.9. The monoisotopic (exact) mass is 606 g/mol. The molecule has 41 heavy (non-hydrogen) atoms. The van der Waals surface area contributed by atoms with Crippen LogP contribution in [0.4, 0.5) is 5.82 Å². The van der Waals surface area contributed by atoms with E-state index in [4.69, 9.17) is 27.9 Å². The Morgan fingerprint density at radius 3 is 2.20 bits per heavy atom. The summed E-state index contributed by atoms with van der Waals surface area (Å²) >= 11 is 12.6. The van der Waals surface area contributed by atoms with Crippen LogP contribution >= 0.6 is 23.2 Å². The lowest BCUT2D eigenvalue weighted by Crippen LogP contribution is -2.55. The van der Waals surface area contributed by atoms with Crippen molar-refractivity contribution in [3.63, 3.8) is 0 Å². The van der Waals surface area contributed by atoms with E-state index in [1.807, 2.05) is 6.07 Å². The number of rotatable bonds is 9. The number of carbonyl (C=O) groups is 2. The summed E-state index contributed by atoms with van der Waals surface area (Å²) in [6.45, 7) is 10.0. The number of nitrogens with one attached hydrogen (secondary N) is 2. The molecular weight excluding hydrogens is 567 g/mol. The molecular formula is C30H40Cl2N4O5. The predicted molar refractivity (Wildman–Crippen MR) is 160 cm³/mol. The maximum atomic E-state index is 13.4. The number of hydrogen-bond acceptors (Lipinski definition) is 7. The van der Waals surface area contributed by atoms with Crippen molar-refractivity contribution in [3.05, 3.63) is 51.6 Å². The molecule has 2 aliphatic heterocycles. The molecule has 2 bridgehead atoms. The standard InChI is InChI=1S/C30H40Cl2N4O5/c1-28(2,39)16-34-26(37)17-7-10-25(33-15-17)36-19-8-9-20(36)12-18(11-19)35-27(38)30(5,6)41-24-13-21(29(3,4)40)22(31)14-23(24)32/h7,10,13-15,18-20,39-40H,8-9,11-12,16H2,1-6H3,(H,34,37)(H,35,38)/t18?,19-,20+. The first kappa shape index (κ1) is 31.3. The number of aliphatic hydroxyl groups is 2. The van der Waals surface area contributed by atoms with Gasteiger partial charge in [0, 0.05) is 41.5 Å². The number of benzene rings is 1. The number of ether oxygens (including phenoxy) is 1. The lowest BCUT2D eigenvalue weighted by atomic mass is 9.96. The molecule has 0 saturated carbocycles. The first-order chi connectivity index (χ1) is 18.9. The third-order valence-electron chi connectivity index (χ3n) is 7.62. The summed E-state index contributed by atoms with van der Waals surface area (Å²) in [5.41, 5.74) is -2.54. The molecule has 2 saturated heterocycles. The summed E-state index contributed by atoms with van der Waals surface area (Å²) in [7, 11) is 0. The number of amides is 2. The van der Waals surface area contributed by atoms with Gasteiger partial charge in [0.15, 0.2) is 5.60 Å². The van der Waals surface area contributed by atoms with Gasteiger partial charge in [-0.15, -0.1) is 0 Å². The van der Waals surface area contributed by atoms with E-state index in [0.29, 0.717) is 16.1 Å². The van der Waals surface area contributed by atoms with Gasteiger partial charge in [-0.1, -0.05) is 23.2 Å². The Morgan fingerprint density at radius 1 is 1.02 bits per heavy atom. The number of hydrogen-bond donors (Lipinski definition) is 4. The van der Waals surface area contributed by atoms with Gasteiger partial charge in [0.05, 0.1) is 21.8 Å². The lowest BCUT2D eigenvalue weighted by Gasteiger charge is -2.41. The van der Waals surface area contributed by atoms with Crippen LogP contribution in [0.1, 0.15) is 83.1 Å². The van der Waals surface area contributed by atoms with Crippen LogP contribution in [-0.2, 0) is 10.4 Å². The van der Waals surface area contributed by atoms with E-state index in [1.165, 1.54) is 6.07 Å². The molecule has 3 atom stereocenters. The summed E-state index contributed by atoms with van der Waals surface area (Å²) < 4.78 is 6.07. The average molecular weight is 608 g/mol. The van der Waals surface area contributed by atoms with Crippen LogP contribution in [0.5, 0.6) is 5.75 Å². The first-order valence-electron chi connectivity index (χ1n) is 13.9. The van der Waals surface area contributed by atoms with Gasteiger partial charge in [0.1, 0.15) is 11.6 Å². The van der Waals surface area contributed by atoms with Crippen LogP contribution in [-0.4, -0.2) is 62.9 Å². The third-order valence-corrected chi connectivity index (χ3v) is 8.23. The minimum absolute atomic E-state index is 0.0290. The van der Waals surface area contributed by atoms with E-state index in [-0.39, 0.29) is 47.3 Å². The molecule has 0 aliphatic carbocycles. The van der Waals surface area contributed by atoms with Crippen LogP contribution in [0, 0.1) is 0 Å². The highest BCUT2D eigenvalue weighted by atomic mass is 35.5. The Bertz CT molecular complexity index is 1270. The first-order valence-corrected chi connectivity index (χ1v) is 14.7. The molecule has 3 heterocycles. The molecule has 11 heteroatoms. The number of fused-ring (bicyclic) bond motifs is 2. The van der Waals surface area contributed by atoms with E-state index in [1.54, 1.807) is 59.9 Å². The fourth-order valence-corrected chi connectivity index (χ4v) is 6.15. The predicted octanol–water partition coefficient (Wildman–Crippen LogP) is 4.59. The van der Waals surface area contributed by atoms with Crippen molar-refractivity contribution in [3.8, 4) is 5.75 Å². The Balaban J connectivity index is 1.38. The zero-order chi connectivity index (χ0) is 30.3. The summed E-state index contributed by atoms with van der Waals surface area (Å²) in [6, 6.07) is 7.09. The fourth-order valence-electron chi connectivity index (χ4n) is 5.50. The molecule has 1 aromatic carbocycles. The second-order valence-corrected chi connectivity index (χ2v) is 13.6. The smallest absolute Gasteiger partial charge is 0.263 e. The number of halogens is 2. The van der Waals surface area contributed by atoms with Gasteiger partial charge in [0.2, 0.25) is 0 Å². The zero-order valence-electron chi connectivity index (χ0n) is 24.4. The number of anilines is 1. The second kappa shape index (κ2) is 11.6. The number of aromatic nitrogens is 1. The van der Waals surface area contributed by atoms with E-state index in [2.05, 4.69) is 20.5 Å². The van der Waals surface area contributed by atoms with Crippen LogP contribution in [0.25, 0.3) is 0 Å². The summed E-state index contributed by atoms with van der Waals surface area (Å²) in [5, 5.41) is 26.8. The number of nitrogens with zero attached hydrogens (tertiary/aromatic N) is 2. The molecule has 1 unspecified atom stereocenters. The SMILES string of the molecule is CC(C)(O)CNC(=O)c1ccc(N2[C@@H]3CC[C@H]2CC(NC(=O)C(C)(C)Oc2cc(C(C)(C)O)c(Cl)cc2Cl)C3)nc1. The van der Waals surface area contributed by atoms with Gasteiger partial charge in [0.25, 0.3) is 11.8 Å². The Labute approximate surface area is 251 Å². The van der Waals surface area contributed by atoms with Crippen molar-refractivity contribution >= 4 is 40.8 Å². The van der Waals surface area contributed by atoms with Crippen LogP contribution in [0.3, 0.4) is 0 Å². The normalized spacial score (nSPS) is 21.0. The van der Waals surface area contributed by atoms with Crippen molar-refractivity contribution < 1.29 is 24.5 Å². The Morgan fingerprint density at radius 2 is 1.66 bits per heavy atom. The van der Waals surface area contributed by atoms with Gasteiger partial charge in [-0.3, -0.25) is 9.59 Å². The lowest BCUT2D eigenvalue weighted by molar-refractivity contribution is -0.135. The maximum absolute atomic E-state index is 13.4. The van der Waals surface area contributed by atoms with Crippen molar-refractivity contribution in [2.24, 2.45) is 0 Å². The van der Waals surface area contributed by atoms with Gasteiger partial charge in [-0.25, -0.2) is 4.98 Å². The largest absolute Gasteiger partial charge is 0.476 e. The van der Waals surface area contributed by atoms with E-state index in [0.717, 1.165) is 31.5 Å². The molecule has 2 amide bonds. The van der Waals surface area contributed by atoms with Gasteiger partial charge in [-0.05, 0) is 91.5 Å². The molecule has 4 rings (SSSR count). The highest BCUT2D eigenvalue weighted by Crippen LogP contribution is 2.40. The summed E-state index contributed by atoms with van der Waals surface area (Å²) in [5.74, 6) is 0.541. The molecule has 224 valence electrons. The van der Waals surface area contributed by atoms with Crippen LogP contribution < -0.4 is 20.3 Å². The highest BCUT2D eigenvalue weighted by Gasteiger charge is 2.43. The van der Waals surface area contributed by atoms with Gasteiger partial charge in [-0.2, -0.15) is 0 Å². The molecule has 0 radical (unpaired) electrons. The third kappa shape index (κ3) is 7.44. The van der Waals surface area contributed by atoms with E-state index < -0.39 is 16.8 Å². The Kier molecular flexibility index (Phi) is 8.86. The minimum Gasteiger partial charge on any atom is -0.476 e. The van der Waals surface area contributed by atoms with Crippen molar-refractivity contribution in [2.75, 3.05) is 11.4 Å². The molecule has 2 aliphatic rings. The molecule has 9 nitrogen and oxygen atoms in total. The van der Waals surface area contributed by atoms with Gasteiger partial charge >= 0.3 is 0 Å². The van der Waals surface area contributed by atoms with Crippen LogP contribution in [0.15, 0.2) is 30.5 Å². The average Bonchev–Trinajstić information content (AvgIpc) is 3.13. The van der Waals surface area contributed by atoms with E-state index in [9.17, 15) is 19.8 Å². The van der Waals surface area contributed by atoms with Crippen molar-refractivity contribution in [2.45, 2.75) is 102 Å². The number of pyridine rings is 1. The molecule has 1 aromatic heterocycles. The second-order valence-electron chi connectivity index (χ2n) is 12.8. The Hall–Kier alpha value is -2.59. The molecule has 2 aromatic rings. The van der Waals surface area contributed by atoms with Crippen molar-refractivity contribution in [1.82, 2.24) is 15.6 Å². The number of carbonyl (C=O) groups excluding carboxylic acids is 2. The topological polar surface area (TPSA) is 124 Å². The minimum atomic E-state index is -1.23. The highest BCUT2D eigenvalue weighted by molar-refractivity contribution is 6.36. The van der Waals surface area contributed by atoms with Crippen LogP contribution in [0.2, 0.25) is 10.0 Å². The molecule has 2 fully saturated rings. The quantitative estimate of drug-likeness (QED) is 0.329. The fraction of sp³-hybridized carbons (Fsp3) is 0.567. The summed E-state index contributed by atoms with van der Waals surface area (Å²) in [6.07, 6.45) is 5.07. The maximum Gasteiger partial charge on any atom is 0.263 e.